The van der Waals surface area contributed by atoms with Crippen LogP contribution in [0, 0.1) is 13.8 Å². The minimum Gasteiger partial charge on any atom is -0.495 e. The Hall–Kier alpha value is -1.05. The van der Waals surface area contributed by atoms with Crippen LogP contribution >= 0.6 is 0 Å². The SMILES string of the molecule is CC.COc1ccc(C)nc1C. The van der Waals surface area contributed by atoms with E-state index >= 15 is 0 Å². The lowest BCUT2D eigenvalue weighted by atomic mass is 10.3. The Labute approximate surface area is 74.6 Å². The fourth-order valence-corrected chi connectivity index (χ4v) is 0.890. The maximum Gasteiger partial charge on any atom is 0.140 e. The van der Waals surface area contributed by atoms with Crippen LogP contribution in [0.5, 0.6) is 5.75 Å². The molecule has 0 saturated heterocycles. The topological polar surface area (TPSA) is 22.1 Å². The number of aromatic nitrogens is 1. The molecule has 0 spiro atoms. The second kappa shape index (κ2) is 5.58. The molecule has 0 radical (unpaired) electrons. The van der Waals surface area contributed by atoms with E-state index in [2.05, 4.69) is 4.98 Å². The summed E-state index contributed by atoms with van der Waals surface area (Å²) in [7, 11) is 1.65. The molecule has 0 aliphatic heterocycles. The molecule has 1 aromatic rings. The summed E-state index contributed by atoms with van der Waals surface area (Å²) in [6.07, 6.45) is 0. The lowest BCUT2D eigenvalue weighted by Crippen LogP contribution is -1.91. The molecule has 0 saturated carbocycles. The molecule has 0 unspecified atom stereocenters. The smallest absolute Gasteiger partial charge is 0.140 e. The zero-order valence-electron chi connectivity index (χ0n) is 8.51. The van der Waals surface area contributed by atoms with Crippen LogP contribution in [0.15, 0.2) is 12.1 Å². The fraction of sp³-hybridized carbons (Fsp3) is 0.500. The van der Waals surface area contributed by atoms with Gasteiger partial charge >= 0.3 is 0 Å². The van der Waals surface area contributed by atoms with Gasteiger partial charge in [0.05, 0.1) is 12.8 Å². The summed E-state index contributed by atoms with van der Waals surface area (Å²) in [5.41, 5.74) is 1.97. The Balaban J connectivity index is 0.000000561. The van der Waals surface area contributed by atoms with Crippen LogP contribution in [-0.2, 0) is 0 Å². The van der Waals surface area contributed by atoms with E-state index in [0.29, 0.717) is 0 Å². The van der Waals surface area contributed by atoms with Crippen molar-refractivity contribution in [3.63, 3.8) is 0 Å². The predicted molar refractivity (Wildman–Crippen MR) is 51.6 cm³/mol. The molecule has 0 fully saturated rings. The maximum atomic E-state index is 5.04. The first-order valence-electron chi connectivity index (χ1n) is 4.22. The highest BCUT2D eigenvalue weighted by Gasteiger charge is 1.96. The van der Waals surface area contributed by atoms with Crippen LogP contribution in [0.2, 0.25) is 0 Å². The average molecular weight is 167 g/mol. The van der Waals surface area contributed by atoms with Crippen molar-refractivity contribution in [2.75, 3.05) is 7.11 Å². The van der Waals surface area contributed by atoms with Gasteiger partial charge in [-0.3, -0.25) is 4.98 Å². The summed E-state index contributed by atoms with van der Waals surface area (Å²) >= 11 is 0. The number of aryl methyl sites for hydroxylation is 2. The molecule has 1 heterocycles. The zero-order valence-corrected chi connectivity index (χ0v) is 8.51. The van der Waals surface area contributed by atoms with Crippen LogP contribution in [-0.4, -0.2) is 12.1 Å². The number of nitrogens with zero attached hydrogens (tertiary/aromatic N) is 1. The van der Waals surface area contributed by atoms with Crippen molar-refractivity contribution in [3.05, 3.63) is 23.5 Å². The molecule has 0 bridgehead atoms. The van der Waals surface area contributed by atoms with Gasteiger partial charge in [-0.2, -0.15) is 0 Å². The molecule has 2 heteroatoms. The summed E-state index contributed by atoms with van der Waals surface area (Å²) < 4.78 is 5.04. The van der Waals surface area contributed by atoms with E-state index in [1.54, 1.807) is 7.11 Å². The van der Waals surface area contributed by atoms with Crippen LogP contribution in [0.25, 0.3) is 0 Å². The first kappa shape index (κ1) is 11.0. The van der Waals surface area contributed by atoms with Crippen LogP contribution < -0.4 is 4.74 Å². The van der Waals surface area contributed by atoms with Crippen molar-refractivity contribution in [1.29, 1.82) is 0 Å². The van der Waals surface area contributed by atoms with Gasteiger partial charge in [-0.25, -0.2) is 0 Å². The molecule has 12 heavy (non-hydrogen) atoms. The van der Waals surface area contributed by atoms with Gasteiger partial charge < -0.3 is 4.74 Å². The Morgan fingerprint density at radius 1 is 1.17 bits per heavy atom. The van der Waals surface area contributed by atoms with Crippen molar-refractivity contribution < 1.29 is 4.74 Å². The minimum atomic E-state index is 0.852. The Morgan fingerprint density at radius 3 is 2.17 bits per heavy atom. The highest BCUT2D eigenvalue weighted by Crippen LogP contribution is 2.13. The van der Waals surface area contributed by atoms with Gasteiger partial charge in [-0.1, -0.05) is 13.8 Å². The average Bonchev–Trinajstić information content (AvgIpc) is 2.08. The second-order valence-electron chi connectivity index (χ2n) is 2.24. The number of hydrogen-bond acceptors (Lipinski definition) is 2. The van der Waals surface area contributed by atoms with Gasteiger partial charge in [0.1, 0.15) is 5.75 Å². The van der Waals surface area contributed by atoms with Crippen LogP contribution in [0.1, 0.15) is 25.2 Å². The summed E-state index contributed by atoms with van der Waals surface area (Å²) in [6, 6.07) is 3.86. The van der Waals surface area contributed by atoms with Gasteiger partial charge in [0.2, 0.25) is 0 Å². The van der Waals surface area contributed by atoms with Crippen molar-refractivity contribution >= 4 is 0 Å². The predicted octanol–water partition coefficient (Wildman–Crippen LogP) is 2.73. The van der Waals surface area contributed by atoms with E-state index in [4.69, 9.17) is 4.74 Å². The zero-order chi connectivity index (χ0) is 9.56. The van der Waals surface area contributed by atoms with E-state index < -0.39 is 0 Å². The molecule has 0 amide bonds. The molecule has 1 aromatic heterocycles. The Kier molecular flexibility index (Phi) is 5.09. The number of pyridine rings is 1. The monoisotopic (exact) mass is 167 g/mol. The lowest BCUT2D eigenvalue weighted by molar-refractivity contribution is 0.409. The lowest BCUT2D eigenvalue weighted by Gasteiger charge is -2.02. The first-order chi connectivity index (χ1) is 5.74. The highest BCUT2D eigenvalue weighted by molar-refractivity contribution is 5.27. The Morgan fingerprint density at radius 2 is 1.75 bits per heavy atom. The number of hydrogen-bond donors (Lipinski definition) is 0. The molecule has 0 aliphatic rings. The van der Waals surface area contributed by atoms with Gasteiger partial charge in [0, 0.05) is 5.69 Å². The van der Waals surface area contributed by atoms with Crippen LogP contribution in [0.3, 0.4) is 0 Å². The number of rotatable bonds is 1. The first-order valence-corrected chi connectivity index (χ1v) is 4.22. The third kappa shape index (κ3) is 2.91. The highest BCUT2D eigenvalue weighted by atomic mass is 16.5. The second-order valence-corrected chi connectivity index (χ2v) is 2.24. The van der Waals surface area contributed by atoms with Gasteiger partial charge in [0.15, 0.2) is 0 Å². The standard InChI is InChI=1S/C8H11NO.C2H6/c1-6-4-5-8(10-3)7(2)9-6;1-2/h4-5H,1-3H3;1-2H3. The van der Waals surface area contributed by atoms with Gasteiger partial charge in [-0.05, 0) is 26.0 Å². The largest absolute Gasteiger partial charge is 0.495 e. The molecule has 1 rings (SSSR count). The van der Waals surface area contributed by atoms with E-state index in [9.17, 15) is 0 Å². The van der Waals surface area contributed by atoms with E-state index in [-0.39, 0.29) is 0 Å². The molecular weight excluding hydrogens is 150 g/mol. The van der Waals surface area contributed by atoms with Gasteiger partial charge in [-0.15, -0.1) is 0 Å². The minimum absolute atomic E-state index is 0.852. The van der Waals surface area contributed by atoms with Crippen molar-refractivity contribution in [2.24, 2.45) is 0 Å². The Bertz CT molecular complexity index is 233. The summed E-state index contributed by atoms with van der Waals surface area (Å²) in [5.74, 6) is 0.852. The third-order valence-electron chi connectivity index (χ3n) is 1.40. The molecule has 0 N–H and O–H groups in total. The fourth-order valence-electron chi connectivity index (χ4n) is 0.890. The van der Waals surface area contributed by atoms with Gasteiger partial charge in [0.25, 0.3) is 0 Å². The third-order valence-corrected chi connectivity index (χ3v) is 1.40. The molecule has 0 aromatic carbocycles. The molecule has 0 aliphatic carbocycles. The van der Waals surface area contributed by atoms with Crippen molar-refractivity contribution in [2.45, 2.75) is 27.7 Å². The molecular formula is C10H17NO. The normalized spacial score (nSPS) is 8.42. The summed E-state index contributed by atoms with van der Waals surface area (Å²) in [6.45, 7) is 7.90. The van der Waals surface area contributed by atoms with E-state index in [1.165, 1.54) is 0 Å². The number of methoxy groups -OCH3 is 1. The van der Waals surface area contributed by atoms with E-state index in [1.807, 2.05) is 39.8 Å². The molecule has 2 nitrogen and oxygen atoms in total. The summed E-state index contributed by atoms with van der Waals surface area (Å²) in [5, 5.41) is 0. The maximum absolute atomic E-state index is 5.04. The van der Waals surface area contributed by atoms with Crippen molar-refractivity contribution in [3.8, 4) is 5.75 Å². The molecule has 68 valence electrons. The van der Waals surface area contributed by atoms with Crippen molar-refractivity contribution in [1.82, 2.24) is 4.98 Å². The molecule has 0 atom stereocenters. The van der Waals surface area contributed by atoms with Crippen LogP contribution in [0.4, 0.5) is 0 Å². The summed E-state index contributed by atoms with van der Waals surface area (Å²) in [4.78, 5) is 4.22. The number of ether oxygens (including phenoxy) is 1. The van der Waals surface area contributed by atoms with E-state index in [0.717, 1.165) is 17.1 Å². The quantitative estimate of drug-likeness (QED) is 0.641.